The Balaban J connectivity index is 1.48. The summed E-state index contributed by atoms with van der Waals surface area (Å²) in [6.07, 6.45) is 6.94. The van der Waals surface area contributed by atoms with E-state index in [9.17, 15) is 4.79 Å². The molecule has 4 heteroatoms. The quantitative estimate of drug-likeness (QED) is 0.522. The van der Waals surface area contributed by atoms with E-state index in [0.717, 1.165) is 75.5 Å². The molecule has 0 aromatic heterocycles. The molecule has 1 spiro atoms. The Hall–Kier alpha value is -2.33. The number of ether oxygens (including phenoxy) is 1. The van der Waals surface area contributed by atoms with E-state index in [1.165, 1.54) is 30.4 Å². The second-order valence-corrected chi connectivity index (χ2v) is 11.3. The van der Waals surface area contributed by atoms with E-state index in [0.29, 0.717) is 5.92 Å². The number of para-hydroxylation sites is 1. The molecular formula is C31H44N2O2. The van der Waals surface area contributed by atoms with Gasteiger partial charge in [0, 0.05) is 38.3 Å². The highest BCUT2D eigenvalue weighted by molar-refractivity contribution is 5.96. The standard InChI is InChI=1S/C31H44N2O2/c1-24(2)22-32-20-21-35-29-14-6-5-11-27(29)12-7-8-15-31(23-32)16-18-33(19-17-31)30(34)28-13-9-10-25(3)26(28)4/h5-6,9-11,13-14,24H,7-8,12,15-23H2,1-4H3. The molecule has 0 N–H and O–H groups in total. The number of aryl methyl sites for hydroxylation is 2. The van der Waals surface area contributed by atoms with Crippen molar-refractivity contribution in [3.63, 3.8) is 0 Å². The lowest BCUT2D eigenvalue weighted by molar-refractivity contribution is 0.0354. The van der Waals surface area contributed by atoms with Crippen molar-refractivity contribution >= 4 is 5.91 Å². The van der Waals surface area contributed by atoms with Gasteiger partial charge in [-0.2, -0.15) is 0 Å². The molecule has 1 amide bonds. The number of piperidine rings is 1. The number of benzene rings is 2. The van der Waals surface area contributed by atoms with Gasteiger partial charge in [0.05, 0.1) is 0 Å². The average Bonchev–Trinajstić information content (AvgIpc) is 2.83. The number of fused-ring (bicyclic) bond motifs is 1. The van der Waals surface area contributed by atoms with Crippen molar-refractivity contribution in [3.05, 3.63) is 64.7 Å². The molecule has 1 fully saturated rings. The summed E-state index contributed by atoms with van der Waals surface area (Å²) >= 11 is 0. The van der Waals surface area contributed by atoms with Crippen LogP contribution >= 0.6 is 0 Å². The van der Waals surface area contributed by atoms with Crippen LogP contribution in [0.5, 0.6) is 5.75 Å². The zero-order valence-electron chi connectivity index (χ0n) is 22.3. The molecule has 1 saturated heterocycles. The van der Waals surface area contributed by atoms with Gasteiger partial charge in [0.25, 0.3) is 5.91 Å². The first kappa shape index (κ1) is 25.8. The molecular weight excluding hydrogens is 432 g/mol. The number of likely N-dealkylation sites (tertiary alicyclic amines) is 1. The topological polar surface area (TPSA) is 32.8 Å². The Morgan fingerprint density at radius 2 is 1.74 bits per heavy atom. The molecule has 190 valence electrons. The Labute approximate surface area is 212 Å². The molecule has 4 nitrogen and oxygen atoms in total. The lowest BCUT2D eigenvalue weighted by Gasteiger charge is -2.45. The van der Waals surface area contributed by atoms with Gasteiger partial charge < -0.3 is 9.64 Å². The summed E-state index contributed by atoms with van der Waals surface area (Å²) in [5.74, 6) is 1.89. The van der Waals surface area contributed by atoms with Crippen LogP contribution < -0.4 is 4.74 Å². The van der Waals surface area contributed by atoms with Crippen molar-refractivity contribution in [1.82, 2.24) is 9.80 Å². The highest BCUT2D eigenvalue weighted by Gasteiger charge is 2.37. The third-order valence-corrected chi connectivity index (χ3v) is 8.17. The zero-order valence-corrected chi connectivity index (χ0v) is 22.3. The van der Waals surface area contributed by atoms with Crippen LogP contribution in [0.15, 0.2) is 42.5 Å². The molecule has 4 rings (SSSR count). The molecule has 2 aromatic rings. The van der Waals surface area contributed by atoms with Gasteiger partial charge in [0.15, 0.2) is 0 Å². The maximum Gasteiger partial charge on any atom is 0.254 e. The summed E-state index contributed by atoms with van der Waals surface area (Å²) in [6, 6.07) is 14.7. The highest BCUT2D eigenvalue weighted by Crippen LogP contribution is 2.39. The van der Waals surface area contributed by atoms with Crippen molar-refractivity contribution in [1.29, 1.82) is 0 Å². The minimum atomic E-state index is 0.207. The van der Waals surface area contributed by atoms with Crippen LogP contribution in [0, 0.1) is 25.2 Å². The first-order chi connectivity index (χ1) is 16.9. The Morgan fingerprint density at radius 3 is 2.51 bits per heavy atom. The lowest BCUT2D eigenvalue weighted by atomic mass is 9.73. The summed E-state index contributed by atoms with van der Waals surface area (Å²) in [7, 11) is 0. The molecule has 2 aliphatic rings. The maximum atomic E-state index is 13.4. The number of hydrogen-bond acceptors (Lipinski definition) is 3. The van der Waals surface area contributed by atoms with E-state index in [-0.39, 0.29) is 11.3 Å². The Kier molecular flexibility index (Phi) is 8.54. The molecule has 2 aliphatic heterocycles. The van der Waals surface area contributed by atoms with Crippen molar-refractivity contribution in [2.75, 3.05) is 39.3 Å². The fourth-order valence-electron chi connectivity index (χ4n) is 6.00. The van der Waals surface area contributed by atoms with Crippen molar-refractivity contribution < 1.29 is 9.53 Å². The molecule has 0 bridgehead atoms. The van der Waals surface area contributed by atoms with Crippen LogP contribution in [-0.4, -0.2) is 55.0 Å². The number of rotatable bonds is 3. The molecule has 0 unspecified atom stereocenters. The van der Waals surface area contributed by atoms with Gasteiger partial charge in [-0.25, -0.2) is 0 Å². The van der Waals surface area contributed by atoms with Crippen LogP contribution in [0.4, 0.5) is 0 Å². The monoisotopic (exact) mass is 476 g/mol. The van der Waals surface area contributed by atoms with Gasteiger partial charge in [-0.15, -0.1) is 0 Å². The maximum absolute atomic E-state index is 13.4. The molecule has 0 radical (unpaired) electrons. The number of carbonyl (C=O) groups excluding carboxylic acids is 1. The van der Waals surface area contributed by atoms with Crippen LogP contribution in [0.3, 0.4) is 0 Å². The van der Waals surface area contributed by atoms with Crippen LogP contribution in [-0.2, 0) is 6.42 Å². The smallest absolute Gasteiger partial charge is 0.254 e. The minimum Gasteiger partial charge on any atom is -0.492 e. The van der Waals surface area contributed by atoms with Crippen LogP contribution in [0.1, 0.15) is 73.0 Å². The molecule has 35 heavy (non-hydrogen) atoms. The molecule has 2 aromatic carbocycles. The SMILES string of the molecule is Cc1cccc(C(=O)N2CCC3(CCCCc4ccccc4OCCN(CC(C)C)C3)CC2)c1C. The Morgan fingerprint density at radius 1 is 0.971 bits per heavy atom. The second kappa shape index (κ2) is 11.6. The van der Waals surface area contributed by atoms with E-state index in [2.05, 4.69) is 67.8 Å². The van der Waals surface area contributed by atoms with Gasteiger partial charge in [0.1, 0.15) is 12.4 Å². The van der Waals surface area contributed by atoms with E-state index >= 15 is 0 Å². The van der Waals surface area contributed by atoms with Crippen LogP contribution in [0.25, 0.3) is 0 Å². The van der Waals surface area contributed by atoms with Crippen molar-refractivity contribution in [3.8, 4) is 5.75 Å². The zero-order chi connectivity index (χ0) is 24.8. The van der Waals surface area contributed by atoms with Gasteiger partial charge in [-0.3, -0.25) is 9.69 Å². The molecule has 0 atom stereocenters. The van der Waals surface area contributed by atoms with Gasteiger partial charge in [-0.1, -0.05) is 50.6 Å². The largest absolute Gasteiger partial charge is 0.492 e. The number of nitrogens with zero attached hydrogens (tertiary/aromatic N) is 2. The molecule has 0 saturated carbocycles. The Bertz CT molecular complexity index is 991. The van der Waals surface area contributed by atoms with E-state index in [1.54, 1.807) is 0 Å². The third-order valence-electron chi connectivity index (χ3n) is 8.17. The first-order valence-corrected chi connectivity index (χ1v) is 13.7. The predicted octanol–water partition coefficient (Wildman–Crippen LogP) is 6.29. The summed E-state index contributed by atoms with van der Waals surface area (Å²) in [4.78, 5) is 18.1. The third kappa shape index (κ3) is 6.46. The van der Waals surface area contributed by atoms with E-state index in [4.69, 9.17) is 4.74 Å². The summed E-state index contributed by atoms with van der Waals surface area (Å²) < 4.78 is 6.27. The van der Waals surface area contributed by atoms with Gasteiger partial charge in [-0.05, 0) is 86.1 Å². The fourth-order valence-corrected chi connectivity index (χ4v) is 6.00. The number of amides is 1. The van der Waals surface area contributed by atoms with Crippen LogP contribution in [0.2, 0.25) is 0 Å². The van der Waals surface area contributed by atoms with E-state index in [1.807, 2.05) is 12.1 Å². The highest BCUT2D eigenvalue weighted by atomic mass is 16.5. The normalized spacial score (nSPS) is 19.5. The summed E-state index contributed by atoms with van der Waals surface area (Å²) in [5, 5.41) is 0. The van der Waals surface area contributed by atoms with E-state index < -0.39 is 0 Å². The van der Waals surface area contributed by atoms with Gasteiger partial charge >= 0.3 is 0 Å². The lowest BCUT2D eigenvalue weighted by Crippen LogP contribution is -2.49. The predicted molar refractivity (Wildman–Crippen MR) is 144 cm³/mol. The van der Waals surface area contributed by atoms with Gasteiger partial charge in [0.2, 0.25) is 0 Å². The average molecular weight is 477 g/mol. The summed E-state index contributed by atoms with van der Waals surface area (Å²) in [6.45, 7) is 14.4. The second-order valence-electron chi connectivity index (χ2n) is 11.3. The number of hydrogen-bond donors (Lipinski definition) is 0. The fraction of sp³-hybridized carbons (Fsp3) is 0.581. The first-order valence-electron chi connectivity index (χ1n) is 13.7. The molecule has 0 aliphatic carbocycles. The molecule has 2 heterocycles. The summed E-state index contributed by atoms with van der Waals surface area (Å²) in [5.41, 5.74) is 4.80. The minimum absolute atomic E-state index is 0.207. The van der Waals surface area contributed by atoms with Crippen molar-refractivity contribution in [2.45, 2.75) is 66.2 Å². The number of carbonyl (C=O) groups is 1. The van der Waals surface area contributed by atoms with Crippen molar-refractivity contribution in [2.24, 2.45) is 11.3 Å².